The number of rotatable bonds is 2. The molecule has 3 fully saturated rings. The maximum Gasteiger partial charge on any atom is 0.302 e. The van der Waals surface area contributed by atoms with Crippen LogP contribution in [0.5, 0.6) is 0 Å². The van der Waals surface area contributed by atoms with Gasteiger partial charge in [0.25, 0.3) is 0 Å². The number of carbonyl (C=O) groups excluding carboxylic acids is 3. The van der Waals surface area contributed by atoms with Crippen LogP contribution in [0.25, 0.3) is 0 Å². The van der Waals surface area contributed by atoms with E-state index in [4.69, 9.17) is 4.74 Å². The fraction of sp³-hybridized carbons (Fsp3) is 0.783. The number of fused-ring (bicyclic) bond motifs is 5. The van der Waals surface area contributed by atoms with Crippen molar-refractivity contribution in [2.24, 2.45) is 28.6 Å². The van der Waals surface area contributed by atoms with Crippen molar-refractivity contribution >= 4 is 17.5 Å². The quantitative estimate of drug-likeness (QED) is 0.685. The molecule has 0 spiro atoms. The molecule has 8 atom stereocenters. The minimum atomic E-state index is -1.16. The number of hydrogen-bond acceptors (Lipinski definition) is 6. The molecule has 0 aromatic heterocycles. The Morgan fingerprint density at radius 1 is 1.14 bits per heavy atom. The number of hydrogen-bond donors (Lipinski definition) is 2. The molecule has 0 radical (unpaired) electrons. The van der Waals surface area contributed by atoms with E-state index in [0.29, 0.717) is 25.7 Å². The van der Waals surface area contributed by atoms with E-state index in [9.17, 15) is 24.6 Å². The number of ketones is 2. The minimum absolute atomic E-state index is 0.0282. The topological polar surface area (TPSA) is 101 Å². The fourth-order valence-corrected chi connectivity index (χ4v) is 7.33. The van der Waals surface area contributed by atoms with Crippen LogP contribution in [-0.4, -0.2) is 45.6 Å². The van der Waals surface area contributed by atoms with Crippen LogP contribution in [0.2, 0.25) is 0 Å². The van der Waals surface area contributed by atoms with Crippen molar-refractivity contribution in [3.63, 3.8) is 0 Å². The molecule has 0 aromatic rings. The number of ether oxygens (including phenoxy) is 1. The molecule has 3 saturated carbocycles. The van der Waals surface area contributed by atoms with Crippen molar-refractivity contribution in [2.45, 2.75) is 84.0 Å². The molecule has 0 aliphatic heterocycles. The van der Waals surface area contributed by atoms with Gasteiger partial charge in [-0.15, -0.1) is 0 Å². The molecule has 29 heavy (non-hydrogen) atoms. The first-order chi connectivity index (χ1) is 13.4. The molecule has 6 heteroatoms. The molecule has 0 aromatic carbocycles. The Hall–Kier alpha value is -1.53. The zero-order valence-electron chi connectivity index (χ0n) is 17.7. The van der Waals surface area contributed by atoms with Crippen LogP contribution < -0.4 is 0 Å². The third kappa shape index (κ3) is 2.71. The highest BCUT2D eigenvalue weighted by Crippen LogP contribution is 2.67. The van der Waals surface area contributed by atoms with E-state index in [1.165, 1.54) is 6.92 Å². The van der Waals surface area contributed by atoms with Crippen LogP contribution in [0, 0.1) is 28.6 Å². The first kappa shape index (κ1) is 20.7. The predicted octanol–water partition coefficient (Wildman–Crippen LogP) is 2.35. The lowest BCUT2D eigenvalue weighted by Crippen LogP contribution is -2.61. The van der Waals surface area contributed by atoms with E-state index in [2.05, 4.69) is 0 Å². The van der Waals surface area contributed by atoms with E-state index in [1.807, 2.05) is 13.8 Å². The van der Waals surface area contributed by atoms with Gasteiger partial charge in [-0.3, -0.25) is 14.4 Å². The van der Waals surface area contributed by atoms with Gasteiger partial charge in [0.05, 0.1) is 11.7 Å². The number of Topliss-reactive ketones (excluding diaryl/α,β-unsaturated/α-hetero) is 1. The molecule has 4 aliphatic rings. The van der Waals surface area contributed by atoms with Crippen LogP contribution in [0.15, 0.2) is 11.6 Å². The number of allylic oxidation sites excluding steroid dienone is 1. The van der Waals surface area contributed by atoms with Crippen molar-refractivity contribution in [3.8, 4) is 0 Å². The van der Waals surface area contributed by atoms with Crippen LogP contribution in [0.3, 0.4) is 0 Å². The number of esters is 1. The number of aliphatic hydroxyl groups is 2. The number of carbonyl (C=O) groups is 3. The maximum absolute atomic E-state index is 13.1. The first-order valence-corrected chi connectivity index (χ1v) is 10.8. The van der Waals surface area contributed by atoms with Gasteiger partial charge in [-0.1, -0.05) is 13.8 Å². The molecule has 0 saturated heterocycles. The van der Waals surface area contributed by atoms with Crippen molar-refractivity contribution in [1.29, 1.82) is 0 Å². The molecule has 8 unspecified atom stereocenters. The standard InChI is InChI=1S/C23H32O6/c1-12(24)14-6-8-23(28)16-9-18(26)17-10-19(27)20(29-13(2)25)11-21(17,3)15(16)5-7-22(14,23)4/h9,14-15,17,19-20,27-28H,5-8,10-11H2,1-4H3. The van der Waals surface area contributed by atoms with E-state index in [1.54, 1.807) is 13.0 Å². The third-order valence-electron chi connectivity index (χ3n) is 8.90. The Labute approximate surface area is 171 Å². The maximum atomic E-state index is 13.1. The van der Waals surface area contributed by atoms with Gasteiger partial charge >= 0.3 is 5.97 Å². The zero-order chi connectivity index (χ0) is 21.4. The summed E-state index contributed by atoms with van der Waals surface area (Å²) in [6.45, 7) is 6.96. The third-order valence-corrected chi connectivity index (χ3v) is 8.90. The normalized spacial score (nSPS) is 48.8. The Morgan fingerprint density at radius 2 is 1.83 bits per heavy atom. The second kappa shape index (κ2) is 6.48. The van der Waals surface area contributed by atoms with Crippen molar-refractivity contribution in [3.05, 3.63) is 11.6 Å². The second-order valence-electron chi connectivity index (χ2n) is 10.3. The predicted molar refractivity (Wildman–Crippen MR) is 105 cm³/mol. The highest BCUT2D eigenvalue weighted by atomic mass is 16.6. The molecule has 160 valence electrons. The van der Waals surface area contributed by atoms with Crippen molar-refractivity contribution in [1.82, 2.24) is 0 Å². The highest BCUT2D eigenvalue weighted by Gasteiger charge is 2.67. The SMILES string of the molecule is CC(=O)OC1CC2(C)C(CC1O)C(=O)C=C1C2CCC2(C)C(C(C)=O)CCC12O. The van der Waals surface area contributed by atoms with Gasteiger partial charge in [0.1, 0.15) is 11.9 Å². The number of aliphatic hydroxyl groups excluding tert-OH is 1. The summed E-state index contributed by atoms with van der Waals surface area (Å²) < 4.78 is 5.39. The smallest absolute Gasteiger partial charge is 0.302 e. The minimum Gasteiger partial charge on any atom is -0.460 e. The van der Waals surface area contributed by atoms with Gasteiger partial charge in [0.2, 0.25) is 0 Å². The Kier molecular flexibility index (Phi) is 4.63. The summed E-state index contributed by atoms with van der Waals surface area (Å²) in [4.78, 5) is 36.9. The van der Waals surface area contributed by atoms with Crippen molar-refractivity contribution < 1.29 is 29.3 Å². The summed E-state index contributed by atoms with van der Waals surface area (Å²) >= 11 is 0. The lowest BCUT2D eigenvalue weighted by atomic mass is 9.46. The largest absolute Gasteiger partial charge is 0.460 e. The summed E-state index contributed by atoms with van der Waals surface area (Å²) in [7, 11) is 0. The van der Waals surface area contributed by atoms with Crippen LogP contribution >= 0.6 is 0 Å². The van der Waals surface area contributed by atoms with E-state index < -0.39 is 34.6 Å². The fourth-order valence-electron chi connectivity index (χ4n) is 7.33. The average Bonchev–Trinajstić information content (AvgIpc) is 2.89. The molecule has 4 rings (SSSR count). The summed E-state index contributed by atoms with van der Waals surface area (Å²) in [6.07, 6.45) is 3.39. The van der Waals surface area contributed by atoms with Gasteiger partial charge in [0, 0.05) is 24.2 Å². The van der Waals surface area contributed by atoms with E-state index in [0.717, 1.165) is 12.0 Å². The summed E-state index contributed by atoms with van der Waals surface area (Å²) in [5.74, 6) is -0.983. The van der Waals surface area contributed by atoms with E-state index in [-0.39, 0.29) is 35.7 Å². The summed E-state index contributed by atoms with van der Waals surface area (Å²) in [6, 6.07) is 0. The van der Waals surface area contributed by atoms with Gasteiger partial charge in [-0.2, -0.15) is 0 Å². The van der Waals surface area contributed by atoms with Gasteiger partial charge in [0.15, 0.2) is 5.78 Å². The molecular weight excluding hydrogens is 372 g/mol. The Morgan fingerprint density at radius 3 is 2.45 bits per heavy atom. The summed E-state index contributed by atoms with van der Waals surface area (Å²) in [5, 5.41) is 22.3. The van der Waals surface area contributed by atoms with Gasteiger partial charge < -0.3 is 14.9 Å². The van der Waals surface area contributed by atoms with Crippen LogP contribution in [0.1, 0.15) is 66.2 Å². The van der Waals surface area contributed by atoms with Crippen molar-refractivity contribution in [2.75, 3.05) is 0 Å². The highest BCUT2D eigenvalue weighted by molar-refractivity contribution is 5.95. The molecular formula is C23H32O6. The first-order valence-electron chi connectivity index (χ1n) is 10.8. The second-order valence-corrected chi connectivity index (χ2v) is 10.3. The summed E-state index contributed by atoms with van der Waals surface area (Å²) in [5.41, 5.74) is -1.46. The average molecular weight is 405 g/mol. The Bertz CT molecular complexity index is 801. The van der Waals surface area contributed by atoms with Crippen LogP contribution in [0.4, 0.5) is 0 Å². The zero-order valence-corrected chi connectivity index (χ0v) is 17.7. The molecule has 0 heterocycles. The van der Waals surface area contributed by atoms with Gasteiger partial charge in [-0.25, -0.2) is 0 Å². The van der Waals surface area contributed by atoms with Crippen LogP contribution in [-0.2, 0) is 19.1 Å². The lowest BCUT2D eigenvalue weighted by molar-refractivity contribution is -0.173. The molecule has 2 N–H and O–H groups in total. The molecule has 4 aliphatic carbocycles. The molecule has 0 amide bonds. The molecule has 0 bridgehead atoms. The lowest BCUT2D eigenvalue weighted by Gasteiger charge is -2.59. The Balaban J connectivity index is 1.75. The van der Waals surface area contributed by atoms with E-state index >= 15 is 0 Å². The monoisotopic (exact) mass is 404 g/mol. The van der Waals surface area contributed by atoms with Gasteiger partial charge in [-0.05, 0) is 68.4 Å². The molecule has 6 nitrogen and oxygen atoms in total.